The van der Waals surface area contributed by atoms with Crippen LogP contribution in [0.5, 0.6) is 0 Å². The normalized spacial score (nSPS) is 13.0. The highest BCUT2D eigenvalue weighted by atomic mass is 19.4. The number of unbranched alkanes of at least 4 members (excludes halogenated alkanes) is 1. The van der Waals surface area contributed by atoms with E-state index in [2.05, 4.69) is 4.98 Å². The van der Waals surface area contributed by atoms with Gasteiger partial charge in [-0.1, -0.05) is 42.5 Å². The van der Waals surface area contributed by atoms with E-state index in [9.17, 15) is 31.1 Å². The van der Waals surface area contributed by atoms with Crippen LogP contribution < -0.4 is 0 Å². The molecule has 2 nitrogen and oxygen atoms in total. The van der Waals surface area contributed by atoms with E-state index in [1.54, 1.807) is 0 Å². The van der Waals surface area contributed by atoms with E-state index in [1.807, 2.05) is 30.3 Å². The van der Waals surface area contributed by atoms with Crippen LogP contribution in [0.15, 0.2) is 72.9 Å². The highest BCUT2D eigenvalue weighted by Gasteiger charge is 2.37. The molecule has 0 fully saturated rings. The first-order valence-electron chi connectivity index (χ1n) is 10.8. The highest BCUT2D eigenvalue weighted by molar-refractivity contribution is 5.79. The maximum Gasteiger partial charge on any atom is 0.418 e. The molecule has 0 aliphatic heterocycles. The van der Waals surface area contributed by atoms with Crippen molar-refractivity contribution >= 4 is 5.78 Å². The summed E-state index contributed by atoms with van der Waals surface area (Å²) in [5.41, 5.74) is -0.987. The number of Topliss-reactive ketones (excluding diaryl/α,β-unsaturated/α-hetero) is 1. The molecule has 34 heavy (non-hydrogen) atoms. The minimum absolute atomic E-state index is 0.165. The Morgan fingerprint density at radius 2 is 1.47 bits per heavy atom. The predicted octanol–water partition coefficient (Wildman–Crippen LogP) is 7.62. The molecular formula is C26H23F6NO. The van der Waals surface area contributed by atoms with E-state index in [1.165, 1.54) is 6.20 Å². The first-order valence-corrected chi connectivity index (χ1v) is 10.8. The highest BCUT2D eigenvalue weighted by Crippen LogP contribution is 2.39. The minimum atomic E-state index is -4.72. The second-order valence-corrected chi connectivity index (χ2v) is 8.04. The molecular weight excluding hydrogens is 456 g/mol. The number of rotatable bonds is 9. The van der Waals surface area contributed by atoms with Gasteiger partial charge in [-0.05, 0) is 54.7 Å². The summed E-state index contributed by atoms with van der Waals surface area (Å²) in [6.45, 7) is 0. The molecule has 0 spiro atoms. The molecule has 0 bridgehead atoms. The first-order chi connectivity index (χ1) is 16.1. The summed E-state index contributed by atoms with van der Waals surface area (Å²) in [4.78, 5) is 16.6. The van der Waals surface area contributed by atoms with Gasteiger partial charge in [-0.2, -0.15) is 26.3 Å². The molecule has 1 aromatic heterocycles. The summed E-state index contributed by atoms with van der Waals surface area (Å²) in [6.07, 6.45) is -6.16. The molecule has 1 heterocycles. The number of hydrogen-bond donors (Lipinski definition) is 0. The lowest BCUT2D eigenvalue weighted by Gasteiger charge is -2.21. The van der Waals surface area contributed by atoms with Gasteiger partial charge in [0.15, 0.2) is 0 Å². The van der Waals surface area contributed by atoms with Gasteiger partial charge in [-0.25, -0.2) is 0 Å². The van der Waals surface area contributed by atoms with Gasteiger partial charge in [0.2, 0.25) is 0 Å². The molecule has 3 aromatic rings. The van der Waals surface area contributed by atoms with Gasteiger partial charge in [0, 0.05) is 25.0 Å². The van der Waals surface area contributed by atoms with Gasteiger partial charge in [0.25, 0.3) is 0 Å². The van der Waals surface area contributed by atoms with Crippen molar-refractivity contribution in [3.05, 3.63) is 101 Å². The van der Waals surface area contributed by atoms with Crippen LogP contribution >= 0.6 is 0 Å². The average molecular weight is 479 g/mol. The molecule has 0 saturated heterocycles. The van der Waals surface area contributed by atoms with E-state index in [0.717, 1.165) is 54.8 Å². The fourth-order valence-electron chi connectivity index (χ4n) is 3.84. The number of benzene rings is 2. The largest absolute Gasteiger partial charge is 0.418 e. The quantitative estimate of drug-likeness (QED) is 0.233. The van der Waals surface area contributed by atoms with E-state index in [-0.39, 0.29) is 29.9 Å². The second-order valence-electron chi connectivity index (χ2n) is 8.04. The molecule has 1 atom stereocenters. The molecule has 2 aromatic carbocycles. The lowest BCUT2D eigenvalue weighted by Crippen LogP contribution is -2.17. The smallest absolute Gasteiger partial charge is 0.300 e. The summed E-state index contributed by atoms with van der Waals surface area (Å²) in [6, 6.07) is 15.5. The van der Waals surface area contributed by atoms with Crippen molar-refractivity contribution in [2.24, 2.45) is 0 Å². The Morgan fingerprint density at radius 1 is 0.794 bits per heavy atom. The molecule has 0 amide bonds. The Balaban J connectivity index is 1.79. The van der Waals surface area contributed by atoms with E-state index < -0.39 is 29.4 Å². The molecule has 8 heteroatoms. The number of alkyl halides is 6. The van der Waals surface area contributed by atoms with Crippen LogP contribution in [0.2, 0.25) is 0 Å². The number of halogens is 6. The van der Waals surface area contributed by atoms with Gasteiger partial charge in [-0.15, -0.1) is 0 Å². The van der Waals surface area contributed by atoms with Gasteiger partial charge in [0.1, 0.15) is 5.78 Å². The summed E-state index contributed by atoms with van der Waals surface area (Å²) in [5.74, 6) is -1.38. The third kappa shape index (κ3) is 6.92. The third-order valence-corrected chi connectivity index (χ3v) is 5.56. The zero-order chi connectivity index (χ0) is 24.8. The van der Waals surface area contributed by atoms with Crippen LogP contribution in [0.3, 0.4) is 0 Å². The standard InChI is InChI=1S/C26H23F6NO/c27-25(28,29)20-14-12-19(13-15-20)22(24-23(26(30,31)32)11-6-16-33-24)17-21(34)10-5-4-9-18-7-2-1-3-8-18/h1-3,6-8,11-16,22H,4-5,9-10,17H2/t22-/m0/s1. The van der Waals surface area contributed by atoms with Crippen molar-refractivity contribution in [2.75, 3.05) is 0 Å². The topological polar surface area (TPSA) is 30.0 Å². The molecule has 0 saturated carbocycles. The van der Waals surface area contributed by atoms with E-state index in [0.29, 0.717) is 6.42 Å². The Labute approximate surface area is 193 Å². The van der Waals surface area contributed by atoms with Crippen LogP contribution in [0.1, 0.15) is 59.5 Å². The maximum atomic E-state index is 13.6. The van der Waals surface area contributed by atoms with Crippen molar-refractivity contribution in [3.8, 4) is 0 Å². The Hall–Kier alpha value is -3.16. The number of ketones is 1. The monoisotopic (exact) mass is 479 g/mol. The number of pyridine rings is 1. The molecule has 0 radical (unpaired) electrons. The number of carbonyl (C=O) groups excluding carboxylic acids is 1. The number of aromatic nitrogens is 1. The third-order valence-electron chi connectivity index (χ3n) is 5.56. The number of aryl methyl sites for hydroxylation is 1. The lowest BCUT2D eigenvalue weighted by molar-refractivity contribution is -0.139. The Bertz CT molecular complexity index is 1070. The lowest BCUT2D eigenvalue weighted by atomic mass is 9.86. The van der Waals surface area contributed by atoms with Crippen LogP contribution in [0, 0.1) is 0 Å². The first kappa shape index (κ1) is 25.5. The van der Waals surface area contributed by atoms with Crippen LogP contribution in [-0.4, -0.2) is 10.8 Å². The van der Waals surface area contributed by atoms with Gasteiger partial charge in [0.05, 0.1) is 16.8 Å². The molecule has 0 N–H and O–H groups in total. The minimum Gasteiger partial charge on any atom is -0.300 e. The van der Waals surface area contributed by atoms with E-state index in [4.69, 9.17) is 0 Å². The zero-order valence-corrected chi connectivity index (χ0v) is 18.2. The zero-order valence-electron chi connectivity index (χ0n) is 18.2. The molecule has 0 aliphatic carbocycles. The fraction of sp³-hybridized carbons (Fsp3) is 0.308. The second kappa shape index (κ2) is 10.8. The molecule has 3 rings (SSSR count). The Morgan fingerprint density at radius 3 is 2.09 bits per heavy atom. The van der Waals surface area contributed by atoms with Crippen LogP contribution in [-0.2, 0) is 23.6 Å². The maximum absolute atomic E-state index is 13.6. The number of carbonyl (C=O) groups is 1. The SMILES string of the molecule is O=C(CCCCc1ccccc1)C[C@@H](c1ccc(C(F)(F)F)cc1)c1ncccc1C(F)(F)F. The van der Waals surface area contributed by atoms with E-state index >= 15 is 0 Å². The van der Waals surface area contributed by atoms with Crippen LogP contribution in [0.4, 0.5) is 26.3 Å². The van der Waals surface area contributed by atoms with Gasteiger partial charge >= 0.3 is 12.4 Å². The number of hydrogen-bond acceptors (Lipinski definition) is 2. The average Bonchev–Trinajstić information content (AvgIpc) is 2.80. The van der Waals surface area contributed by atoms with Crippen molar-refractivity contribution in [2.45, 2.75) is 50.4 Å². The molecule has 180 valence electrons. The predicted molar refractivity (Wildman–Crippen MR) is 116 cm³/mol. The fourth-order valence-corrected chi connectivity index (χ4v) is 3.84. The summed E-state index contributed by atoms with van der Waals surface area (Å²) < 4.78 is 79.7. The van der Waals surface area contributed by atoms with Crippen molar-refractivity contribution in [1.82, 2.24) is 4.98 Å². The van der Waals surface area contributed by atoms with Crippen LogP contribution in [0.25, 0.3) is 0 Å². The van der Waals surface area contributed by atoms with Crippen molar-refractivity contribution < 1.29 is 31.1 Å². The number of nitrogens with zero attached hydrogens (tertiary/aromatic N) is 1. The van der Waals surface area contributed by atoms with Gasteiger partial charge < -0.3 is 0 Å². The Kier molecular flexibility index (Phi) is 8.12. The summed E-state index contributed by atoms with van der Waals surface area (Å²) in [7, 11) is 0. The summed E-state index contributed by atoms with van der Waals surface area (Å²) >= 11 is 0. The van der Waals surface area contributed by atoms with Crippen molar-refractivity contribution in [1.29, 1.82) is 0 Å². The molecule has 0 aliphatic rings. The summed E-state index contributed by atoms with van der Waals surface area (Å²) in [5, 5.41) is 0. The molecule has 0 unspecified atom stereocenters. The van der Waals surface area contributed by atoms with Crippen molar-refractivity contribution in [3.63, 3.8) is 0 Å². The van der Waals surface area contributed by atoms with Gasteiger partial charge in [-0.3, -0.25) is 9.78 Å².